The Morgan fingerprint density at radius 3 is 1.25 bits per heavy atom. The third-order valence-electron chi connectivity index (χ3n) is 0.204. The van der Waals surface area contributed by atoms with Gasteiger partial charge in [-0.1, -0.05) is 34.6 Å². The lowest BCUT2D eigenvalue weighted by Gasteiger charge is -1.52. The SMILES string of the molecule is C#CCC.CC.CC. The summed E-state index contributed by atoms with van der Waals surface area (Å²) in [5.74, 6) is 2.43. The lowest BCUT2D eigenvalue weighted by Crippen LogP contribution is -1.38. The lowest BCUT2D eigenvalue weighted by molar-refractivity contribution is 1.28. The Balaban J connectivity index is -0.0000000542. The molecule has 0 rings (SSSR count). The molecule has 0 aliphatic heterocycles. The summed E-state index contributed by atoms with van der Waals surface area (Å²) in [5, 5.41) is 0. The van der Waals surface area contributed by atoms with Crippen LogP contribution in [0.4, 0.5) is 0 Å². The molecule has 0 heteroatoms. The summed E-state index contributed by atoms with van der Waals surface area (Å²) in [6, 6.07) is 0. The summed E-state index contributed by atoms with van der Waals surface area (Å²) < 4.78 is 0. The fourth-order valence-corrected chi connectivity index (χ4v) is 0. The van der Waals surface area contributed by atoms with E-state index in [1.165, 1.54) is 0 Å². The molecule has 0 bridgehead atoms. The number of terminal acetylenes is 1. The number of rotatable bonds is 0. The minimum Gasteiger partial charge on any atom is -0.120 e. The molecule has 0 saturated heterocycles. The molecule has 0 aromatic rings. The van der Waals surface area contributed by atoms with Crippen molar-refractivity contribution in [2.75, 3.05) is 0 Å². The highest BCUT2D eigenvalue weighted by atomic mass is 13.5. The predicted octanol–water partition coefficient (Wildman–Crippen LogP) is 3.08. The van der Waals surface area contributed by atoms with Crippen molar-refractivity contribution < 1.29 is 0 Å². The average molecular weight is 114 g/mol. The van der Waals surface area contributed by atoms with Crippen LogP contribution in [0.15, 0.2) is 0 Å². The molecule has 0 unspecified atom stereocenters. The predicted molar refractivity (Wildman–Crippen MR) is 41.8 cm³/mol. The van der Waals surface area contributed by atoms with Gasteiger partial charge in [-0.3, -0.25) is 0 Å². The summed E-state index contributed by atoms with van der Waals surface area (Å²) in [7, 11) is 0. The Hall–Kier alpha value is -0.440. The maximum atomic E-state index is 4.78. The first-order valence-electron chi connectivity index (χ1n) is 3.35. The second-order valence-electron chi connectivity index (χ2n) is 0.558. The standard InChI is InChI=1S/C4H6.2C2H6/c1-3-4-2;2*1-2/h1H,4H2,2H3;2*1-2H3. The van der Waals surface area contributed by atoms with Crippen molar-refractivity contribution >= 4 is 0 Å². The first kappa shape index (κ1) is 15.6. The minimum atomic E-state index is 0.847. The average Bonchev–Trinajstić information content (AvgIpc) is 1.96. The molecule has 0 spiro atoms. The quantitative estimate of drug-likeness (QED) is 0.424. The van der Waals surface area contributed by atoms with Gasteiger partial charge in [0.05, 0.1) is 0 Å². The molecule has 0 aliphatic carbocycles. The molecular formula is C8H18. The molecule has 0 heterocycles. The van der Waals surface area contributed by atoms with Crippen LogP contribution in [0.25, 0.3) is 0 Å². The second kappa shape index (κ2) is 83.3. The van der Waals surface area contributed by atoms with Crippen LogP contribution in [0.1, 0.15) is 41.0 Å². The monoisotopic (exact) mass is 114 g/mol. The van der Waals surface area contributed by atoms with Crippen LogP contribution in [0.5, 0.6) is 0 Å². The molecule has 0 atom stereocenters. The maximum absolute atomic E-state index is 4.78. The first-order chi connectivity index (χ1) is 3.91. The van der Waals surface area contributed by atoms with E-state index in [-0.39, 0.29) is 0 Å². The van der Waals surface area contributed by atoms with Crippen LogP contribution in [0, 0.1) is 12.3 Å². The van der Waals surface area contributed by atoms with Gasteiger partial charge in [0.15, 0.2) is 0 Å². The Bertz CT molecular complexity index is 29.8. The lowest BCUT2D eigenvalue weighted by atomic mass is 10.5. The third kappa shape index (κ3) is 369. The van der Waals surface area contributed by atoms with Crippen LogP contribution in [-0.2, 0) is 0 Å². The van der Waals surface area contributed by atoms with Gasteiger partial charge in [-0.25, -0.2) is 0 Å². The van der Waals surface area contributed by atoms with E-state index in [4.69, 9.17) is 6.42 Å². The molecule has 0 N–H and O–H groups in total. The highest BCUT2D eigenvalue weighted by Gasteiger charge is 1.43. The van der Waals surface area contributed by atoms with Crippen LogP contribution in [0.3, 0.4) is 0 Å². The molecule has 0 aromatic heterocycles. The zero-order valence-electron chi connectivity index (χ0n) is 6.78. The Morgan fingerprint density at radius 2 is 1.25 bits per heavy atom. The van der Waals surface area contributed by atoms with Crippen LogP contribution >= 0.6 is 0 Å². The summed E-state index contributed by atoms with van der Waals surface area (Å²) in [5.41, 5.74) is 0. The molecule has 50 valence electrons. The van der Waals surface area contributed by atoms with E-state index in [1.54, 1.807) is 0 Å². The Kier molecular flexibility index (Phi) is 163. The zero-order chi connectivity index (χ0) is 7.41. The second-order valence-corrected chi connectivity index (χ2v) is 0.558. The van der Waals surface area contributed by atoms with Crippen molar-refractivity contribution in [2.24, 2.45) is 0 Å². The van der Waals surface area contributed by atoms with Gasteiger partial charge >= 0.3 is 0 Å². The van der Waals surface area contributed by atoms with Crippen LogP contribution < -0.4 is 0 Å². The highest BCUT2D eigenvalue weighted by Crippen LogP contribution is 1.58. The number of hydrogen-bond acceptors (Lipinski definition) is 0. The van der Waals surface area contributed by atoms with E-state index in [9.17, 15) is 0 Å². The Morgan fingerprint density at radius 1 is 1.12 bits per heavy atom. The molecule has 0 radical (unpaired) electrons. The van der Waals surface area contributed by atoms with Gasteiger partial charge in [-0.05, 0) is 0 Å². The van der Waals surface area contributed by atoms with Crippen LogP contribution in [-0.4, -0.2) is 0 Å². The minimum absolute atomic E-state index is 0.847. The van der Waals surface area contributed by atoms with E-state index in [2.05, 4.69) is 5.92 Å². The fourth-order valence-electron chi connectivity index (χ4n) is 0. The molecule has 0 saturated carbocycles. The van der Waals surface area contributed by atoms with Gasteiger partial charge in [0, 0.05) is 6.42 Å². The van der Waals surface area contributed by atoms with E-state index in [1.807, 2.05) is 34.6 Å². The van der Waals surface area contributed by atoms with Crippen molar-refractivity contribution in [3.63, 3.8) is 0 Å². The van der Waals surface area contributed by atoms with Gasteiger partial charge in [0.1, 0.15) is 0 Å². The maximum Gasteiger partial charge on any atom is 0.00576 e. The highest BCUT2D eigenvalue weighted by molar-refractivity contribution is 4.80. The van der Waals surface area contributed by atoms with Gasteiger partial charge in [-0.2, -0.15) is 0 Å². The van der Waals surface area contributed by atoms with Crippen molar-refractivity contribution in [2.45, 2.75) is 41.0 Å². The van der Waals surface area contributed by atoms with E-state index in [0.29, 0.717) is 0 Å². The molecule has 0 nitrogen and oxygen atoms in total. The van der Waals surface area contributed by atoms with Crippen molar-refractivity contribution in [1.82, 2.24) is 0 Å². The van der Waals surface area contributed by atoms with Gasteiger partial charge < -0.3 is 0 Å². The molecule has 0 amide bonds. The summed E-state index contributed by atoms with van der Waals surface area (Å²) in [6.45, 7) is 9.94. The van der Waals surface area contributed by atoms with Gasteiger partial charge in [0.2, 0.25) is 0 Å². The fraction of sp³-hybridized carbons (Fsp3) is 0.750. The molecule has 0 aliphatic rings. The van der Waals surface area contributed by atoms with Crippen molar-refractivity contribution in [3.8, 4) is 12.3 Å². The Labute approximate surface area is 54.3 Å². The topological polar surface area (TPSA) is 0 Å². The van der Waals surface area contributed by atoms with E-state index in [0.717, 1.165) is 6.42 Å². The van der Waals surface area contributed by atoms with Crippen molar-refractivity contribution in [3.05, 3.63) is 0 Å². The molecular weight excluding hydrogens is 96.1 g/mol. The normalized spacial score (nSPS) is 4.00. The van der Waals surface area contributed by atoms with Crippen molar-refractivity contribution in [1.29, 1.82) is 0 Å². The molecule has 0 fully saturated rings. The summed E-state index contributed by atoms with van der Waals surface area (Å²) in [6.07, 6.45) is 5.62. The largest absolute Gasteiger partial charge is 0.120 e. The van der Waals surface area contributed by atoms with Crippen LogP contribution in [0.2, 0.25) is 0 Å². The van der Waals surface area contributed by atoms with E-state index < -0.39 is 0 Å². The first-order valence-corrected chi connectivity index (χ1v) is 3.35. The molecule has 8 heavy (non-hydrogen) atoms. The third-order valence-corrected chi connectivity index (χ3v) is 0.204. The summed E-state index contributed by atoms with van der Waals surface area (Å²) >= 11 is 0. The van der Waals surface area contributed by atoms with Gasteiger partial charge in [-0.15, -0.1) is 12.3 Å². The van der Waals surface area contributed by atoms with Gasteiger partial charge in [0.25, 0.3) is 0 Å². The molecule has 0 aromatic carbocycles. The number of hydrogen-bond donors (Lipinski definition) is 0. The van der Waals surface area contributed by atoms with E-state index >= 15 is 0 Å². The summed E-state index contributed by atoms with van der Waals surface area (Å²) in [4.78, 5) is 0. The zero-order valence-corrected chi connectivity index (χ0v) is 6.78. The smallest absolute Gasteiger partial charge is 0.00576 e.